The van der Waals surface area contributed by atoms with E-state index >= 15 is 0 Å². The summed E-state index contributed by atoms with van der Waals surface area (Å²) in [4.78, 5) is 0.271. The summed E-state index contributed by atoms with van der Waals surface area (Å²) in [5, 5.41) is 0.835. The number of halogens is 2. The molecule has 0 aliphatic carbocycles. The molecular formula is C18H17BrClNO2S. The molecule has 0 atom stereocenters. The first kappa shape index (κ1) is 17.5. The van der Waals surface area contributed by atoms with E-state index in [9.17, 15) is 8.42 Å². The zero-order valence-electron chi connectivity index (χ0n) is 13.3. The molecule has 24 heavy (non-hydrogen) atoms. The standard InChI is InChI=1S/C18H17BrClNO2S/c1-12(2)13-3-6-16(7-4-13)24(22,23)21-11-14(10-20)17-9-15(19)5-8-18(17)21/h3-9,11-12H,10H2,1-2H3. The number of aromatic nitrogens is 1. The topological polar surface area (TPSA) is 39.1 Å². The van der Waals surface area contributed by atoms with Crippen LogP contribution in [-0.4, -0.2) is 12.4 Å². The zero-order valence-corrected chi connectivity index (χ0v) is 16.5. The smallest absolute Gasteiger partial charge is 0.241 e. The van der Waals surface area contributed by atoms with Crippen LogP contribution in [0, 0.1) is 0 Å². The third-order valence-electron chi connectivity index (χ3n) is 4.06. The summed E-state index contributed by atoms with van der Waals surface area (Å²) in [6.45, 7) is 4.15. The molecule has 2 aromatic carbocycles. The normalized spacial score (nSPS) is 12.2. The lowest BCUT2D eigenvalue weighted by atomic mass is 10.0. The van der Waals surface area contributed by atoms with Crippen molar-refractivity contribution < 1.29 is 8.42 Å². The molecule has 0 saturated heterocycles. The predicted molar refractivity (Wildman–Crippen MR) is 102 cm³/mol. The molecule has 1 heterocycles. The van der Waals surface area contributed by atoms with Crippen molar-refractivity contribution in [2.45, 2.75) is 30.5 Å². The van der Waals surface area contributed by atoms with Crippen LogP contribution in [0.4, 0.5) is 0 Å². The molecule has 0 unspecified atom stereocenters. The number of alkyl halides is 1. The Hall–Kier alpha value is -1.30. The van der Waals surface area contributed by atoms with E-state index in [1.54, 1.807) is 24.4 Å². The lowest BCUT2D eigenvalue weighted by molar-refractivity contribution is 0.589. The summed E-state index contributed by atoms with van der Waals surface area (Å²) in [7, 11) is -3.67. The molecule has 0 radical (unpaired) electrons. The first-order chi connectivity index (χ1) is 11.3. The van der Waals surface area contributed by atoms with Gasteiger partial charge in [0.1, 0.15) is 0 Å². The molecular weight excluding hydrogens is 410 g/mol. The monoisotopic (exact) mass is 425 g/mol. The van der Waals surface area contributed by atoms with Gasteiger partial charge < -0.3 is 0 Å². The van der Waals surface area contributed by atoms with Crippen molar-refractivity contribution in [2.24, 2.45) is 0 Å². The first-order valence-corrected chi connectivity index (χ1v) is 10.3. The first-order valence-electron chi connectivity index (χ1n) is 7.55. The van der Waals surface area contributed by atoms with Crippen LogP contribution in [0.1, 0.15) is 30.9 Å². The minimum absolute atomic E-state index is 0.252. The van der Waals surface area contributed by atoms with Crippen LogP contribution in [0.25, 0.3) is 10.9 Å². The third kappa shape index (κ3) is 3.01. The van der Waals surface area contributed by atoms with Crippen molar-refractivity contribution in [3.8, 4) is 0 Å². The van der Waals surface area contributed by atoms with Gasteiger partial charge in [0.15, 0.2) is 0 Å². The molecule has 126 valence electrons. The van der Waals surface area contributed by atoms with Gasteiger partial charge in [0.05, 0.1) is 10.4 Å². The Labute approximate surface area is 155 Å². The molecule has 0 aliphatic heterocycles. The van der Waals surface area contributed by atoms with Crippen molar-refractivity contribution in [2.75, 3.05) is 0 Å². The summed E-state index contributed by atoms with van der Waals surface area (Å²) in [5.41, 5.74) is 2.52. The Kier molecular flexibility index (Phi) is 4.78. The number of hydrogen-bond donors (Lipinski definition) is 0. The van der Waals surface area contributed by atoms with Gasteiger partial charge in [-0.15, -0.1) is 11.6 Å². The summed E-state index contributed by atoms with van der Waals surface area (Å²) < 4.78 is 28.3. The van der Waals surface area contributed by atoms with Gasteiger partial charge in [-0.2, -0.15) is 0 Å². The van der Waals surface area contributed by atoms with E-state index in [0.717, 1.165) is 21.0 Å². The predicted octanol–water partition coefficient (Wildman–Crippen LogP) is 5.50. The summed E-state index contributed by atoms with van der Waals surface area (Å²) in [6, 6.07) is 12.6. The number of hydrogen-bond acceptors (Lipinski definition) is 2. The molecule has 0 spiro atoms. The van der Waals surface area contributed by atoms with Crippen molar-refractivity contribution in [1.29, 1.82) is 0 Å². The summed E-state index contributed by atoms with van der Waals surface area (Å²) in [5.74, 6) is 0.608. The van der Waals surface area contributed by atoms with Crippen LogP contribution < -0.4 is 0 Å². The number of nitrogens with zero attached hydrogens (tertiary/aromatic N) is 1. The molecule has 0 saturated carbocycles. The number of fused-ring (bicyclic) bond motifs is 1. The van der Waals surface area contributed by atoms with Crippen molar-refractivity contribution in [1.82, 2.24) is 3.97 Å². The Bertz CT molecular complexity index is 992. The van der Waals surface area contributed by atoms with Gasteiger partial charge in [-0.3, -0.25) is 0 Å². The van der Waals surface area contributed by atoms with Gasteiger partial charge in [0, 0.05) is 21.9 Å². The van der Waals surface area contributed by atoms with E-state index in [1.165, 1.54) is 3.97 Å². The highest BCUT2D eigenvalue weighted by Crippen LogP contribution is 2.30. The second kappa shape index (κ2) is 6.54. The quantitative estimate of drug-likeness (QED) is 0.516. The molecule has 3 nitrogen and oxygen atoms in total. The van der Waals surface area contributed by atoms with Gasteiger partial charge >= 0.3 is 0 Å². The highest BCUT2D eigenvalue weighted by atomic mass is 79.9. The highest BCUT2D eigenvalue weighted by molar-refractivity contribution is 9.10. The lowest BCUT2D eigenvalue weighted by Crippen LogP contribution is -2.12. The van der Waals surface area contributed by atoms with E-state index in [4.69, 9.17) is 11.6 Å². The maximum Gasteiger partial charge on any atom is 0.268 e. The maximum absolute atomic E-state index is 13.1. The minimum atomic E-state index is -3.67. The maximum atomic E-state index is 13.1. The molecule has 6 heteroatoms. The van der Waals surface area contributed by atoms with E-state index in [1.807, 2.05) is 24.3 Å². The third-order valence-corrected chi connectivity index (χ3v) is 6.53. The molecule has 0 aliphatic rings. The largest absolute Gasteiger partial charge is 0.268 e. The van der Waals surface area contributed by atoms with E-state index in [2.05, 4.69) is 29.8 Å². The van der Waals surface area contributed by atoms with E-state index in [-0.39, 0.29) is 10.8 Å². The fourth-order valence-electron chi connectivity index (χ4n) is 2.68. The van der Waals surface area contributed by atoms with E-state index < -0.39 is 10.0 Å². The van der Waals surface area contributed by atoms with Crippen LogP contribution in [0.15, 0.2) is 58.0 Å². The van der Waals surface area contributed by atoms with Gasteiger partial charge in [-0.25, -0.2) is 12.4 Å². The number of rotatable bonds is 4. The van der Waals surface area contributed by atoms with Crippen LogP contribution >= 0.6 is 27.5 Å². The van der Waals surface area contributed by atoms with Crippen molar-refractivity contribution >= 4 is 48.5 Å². The summed E-state index contributed by atoms with van der Waals surface area (Å²) in [6.07, 6.45) is 1.61. The highest BCUT2D eigenvalue weighted by Gasteiger charge is 2.21. The van der Waals surface area contributed by atoms with Crippen molar-refractivity contribution in [3.63, 3.8) is 0 Å². The molecule has 0 N–H and O–H groups in total. The van der Waals surface area contributed by atoms with Crippen LogP contribution in [0.5, 0.6) is 0 Å². The van der Waals surface area contributed by atoms with Gasteiger partial charge in [0.2, 0.25) is 0 Å². The van der Waals surface area contributed by atoms with Gasteiger partial charge in [0.25, 0.3) is 10.0 Å². The minimum Gasteiger partial charge on any atom is -0.241 e. The second-order valence-electron chi connectivity index (χ2n) is 5.97. The molecule has 3 aromatic rings. The average molecular weight is 427 g/mol. The Balaban J connectivity index is 2.18. The zero-order chi connectivity index (χ0) is 17.5. The Morgan fingerprint density at radius 2 is 1.79 bits per heavy atom. The van der Waals surface area contributed by atoms with Crippen LogP contribution in [-0.2, 0) is 15.9 Å². The fraction of sp³-hybridized carbons (Fsp3) is 0.222. The SMILES string of the molecule is CC(C)c1ccc(S(=O)(=O)n2cc(CCl)c3cc(Br)ccc32)cc1. The van der Waals surface area contributed by atoms with Crippen LogP contribution in [0.3, 0.4) is 0 Å². The molecule has 0 bridgehead atoms. The lowest BCUT2D eigenvalue weighted by Gasteiger charge is -2.10. The Morgan fingerprint density at radius 1 is 1.12 bits per heavy atom. The van der Waals surface area contributed by atoms with Gasteiger partial charge in [-0.05, 0) is 47.4 Å². The average Bonchev–Trinajstić information content (AvgIpc) is 2.93. The fourth-order valence-corrected chi connectivity index (χ4v) is 4.65. The second-order valence-corrected chi connectivity index (χ2v) is 8.97. The number of benzene rings is 2. The molecule has 0 fully saturated rings. The van der Waals surface area contributed by atoms with Crippen LogP contribution in [0.2, 0.25) is 0 Å². The summed E-state index contributed by atoms with van der Waals surface area (Å²) >= 11 is 9.42. The van der Waals surface area contributed by atoms with Crippen molar-refractivity contribution in [3.05, 3.63) is 64.3 Å². The molecule has 1 aromatic heterocycles. The molecule has 3 rings (SSSR count). The Morgan fingerprint density at radius 3 is 2.38 bits per heavy atom. The van der Waals surface area contributed by atoms with Gasteiger partial charge in [-0.1, -0.05) is 41.9 Å². The van der Waals surface area contributed by atoms with E-state index in [0.29, 0.717) is 11.4 Å². The molecule has 0 amide bonds.